The fraction of sp³-hybridized carbons (Fsp3) is 0.355. The number of carbonyl (C=O) groups excluding carboxylic acids is 2. The Morgan fingerprint density at radius 3 is 2.20 bits per heavy atom. The Bertz CT molecular complexity index is 1420. The van der Waals surface area contributed by atoms with Crippen LogP contribution in [0.25, 0.3) is 0 Å². The number of aryl methyl sites for hydroxylation is 2. The Morgan fingerprint density at radius 2 is 1.60 bits per heavy atom. The monoisotopic (exact) mass is 565 g/mol. The zero-order valence-corrected chi connectivity index (χ0v) is 24.9. The van der Waals surface area contributed by atoms with Gasteiger partial charge in [-0.05, 0) is 81.6 Å². The molecule has 0 fully saturated rings. The molecule has 1 atom stereocenters. The van der Waals surface area contributed by atoms with Gasteiger partial charge in [-0.25, -0.2) is 8.42 Å². The van der Waals surface area contributed by atoms with Crippen molar-refractivity contribution >= 4 is 27.5 Å². The molecule has 0 unspecified atom stereocenters. The van der Waals surface area contributed by atoms with E-state index in [-0.39, 0.29) is 23.4 Å². The Kier molecular flexibility index (Phi) is 10.3. The first-order valence-electron chi connectivity index (χ1n) is 13.3. The number of nitrogens with one attached hydrogen (secondary N) is 1. The third kappa shape index (κ3) is 7.63. The average Bonchev–Trinajstić information content (AvgIpc) is 2.91. The molecule has 40 heavy (non-hydrogen) atoms. The number of benzene rings is 3. The molecule has 1 N–H and O–H groups in total. The summed E-state index contributed by atoms with van der Waals surface area (Å²) in [6.07, 6.45) is 0.351. The van der Waals surface area contributed by atoms with Crippen molar-refractivity contribution in [3.8, 4) is 5.75 Å². The second-order valence-electron chi connectivity index (χ2n) is 10.1. The van der Waals surface area contributed by atoms with Crippen molar-refractivity contribution in [3.05, 3.63) is 89.5 Å². The van der Waals surface area contributed by atoms with Gasteiger partial charge in [-0.3, -0.25) is 13.9 Å². The largest absolute Gasteiger partial charge is 0.497 e. The van der Waals surface area contributed by atoms with E-state index in [4.69, 9.17) is 4.74 Å². The number of rotatable bonds is 12. The van der Waals surface area contributed by atoms with Crippen molar-refractivity contribution in [1.29, 1.82) is 0 Å². The zero-order chi connectivity index (χ0) is 29.4. The van der Waals surface area contributed by atoms with Gasteiger partial charge in [0.1, 0.15) is 18.3 Å². The highest BCUT2D eigenvalue weighted by Crippen LogP contribution is 2.26. The Hall–Kier alpha value is -3.85. The summed E-state index contributed by atoms with van der Waals surface area (Å²) in [5.41, 5.74) is 2.90. The first-order chi connectivity index (χ1) is 19.0. The molecule has 2 amide bonds. The van der Waals surface area contributed by atoms with Crippen molar-refractivity contribution in [2.24, 2.45) is 0 Å². The maximum absolute atomic E-state index is 14.1. The van der Waals surface area contributed by atoms with Gasteiger partial charge in [0.15, 0.2) is 0 Å². The van der Waals surface area contributed by atoms with Gasteiger partial charge in [-0.1, -0.05) is 48.9 Å². The number of ether oxygens (including phenoxy) is 1. The predicted octanol–water partition coefficient (Wildman–Crippen LogP) is 4.84. The molecule has 3 rings (SSSR count). The minimum absolute atomic E-state index is 0.0799. The van der Waals surface area contributed by atoms with Crippen LogP contribution in [0.15, 0.2) is 77.7 Å². The number of carbonyl (C=O) groups is 2. The highest BCUT2D eigenvalue weighted by Gasteiger charge is 2.34. The van der Waals surface area contributed by atoms with Crippen LogP contribution in [-0.2, 0) is 26.2 Å². The molecule has 8 nitrogen and oxygen atoms in total. The predicted molar refractivity (Wildman–Crippen MR) is 158 cm³/mol. The molecule has 0 aromatic heterocycles. The molecular formula is C31H39N3O5S. The summed E-state index contributed by atoms with van der Waals surface area (Å²) in [5, 5.41) is 2.90. The summed E-state index contributed by atoms with van der Waals surface area (Å²) in [6.45, 7) is 8.90. The third-order valence-corrected chi connectivity index (χ3v) is 8.27. The van der Waals surface area contributed by atoms with Crippen LogP contribution < -0.4 is 14.4 Å². The van der Waals surface area contributed by atoms with Gasteiger partial charge in [0.2, 0.25) is 11.8 Å². The summed E-state index contributed by atoms with van der Waals surface area (Å²) in [5.74, 6) is -0.170. The molecule has 0 radical (unpaired) electrons. The minimum atomic E-state index is -4.11. The smallest absolute Gasteiger partial charge is 0.264 e. The van der Waals surface area contributed by atoms with Gasteiger partial charge < -0.3 is 15.0 Å². The van der Waals surface area contributed by atoms with Crippen LogP contribution in [0.2, 0.25) is 0 Å². The highest BCUT2D eigenvalue weighted by atomic mass is 32.2. The maximum Gasteiger partial charge on any atom is 0.264 e. The van der Waals surface area contributed by atoms with E-state index in [0.717, 1.165) is 21.0 Å². The van der Waals surface area contributed by atoms with E-state index >= 15 is 0 Å². The molecule has 0 spiro atoms. The number of hydrogen-bond acceptors (Lipinski definition) is 5. The summed E-state index contributed by atoms with van der Waals surface area (Å²) in [6, 6.07) is 19.9. The van der Waals surface area contributed by atoms with E-state index in [2.05, 4.69) is 5.32 Å². The van der Waals surface area contributed by atoms with Crippen LogP contribution in [0.4, 0.5) is 5.69 Å². The number of anilines is 1. The van der Waals surface area contributed by atoms with E-state index in [1.165, 1.54) is 17.0 Å². The van der Waals surface area contributed by atoms with E-state index in [0.29, 0.717) is 17.9 Å². The van der Waals surface area contributed by atoms with E-state index < -0.39 is 28.5 Å². The SMILES string of the molecule is CC[C@H](C(=O)NC(C)C)N(Cc1cccc(OC)c1)C(=O)CN(c1cccc(C)c1)S(=O)(=O)c1ccc(C)cc1. The van der Waals surface area contributed by atoms with E-state index in [9.17, 15) is 18.0 Å². The van der Waals surface area contributed by atoms with Crippen molar-refractivity contribution < 1.29 is 22.7 Å². The fourth-order valence-electron chi connectivity index (χ4n) is 4.42. The summed E-state index contributed by atoms with van der Waals surface area (Å²) in [7, 11) is -2.55. The molecule has 0 saturated heterocycles. The van der Waals surface area contributed by atoms with E-state index in [1.807, 2.05) is 52.8 Å². The van der Waals surface area contributed by atoms with Crippen LogP contribution in [0.1, 0.15) is 43.9 Å². The first kappa shape index (κ1) is 30.7. The molecule has 214 valence electrons. The average molecular weight is 566 g/mol. The van der Waals surface area contributed by atoms with Gasteiger partial charge in [0.25, 0.3) is 10.0 Å². The van der Waals surface area contributed by atoms with Gasteiger partial charge in [0.05, 0.1) is 17.7 Å². The lowest BCUT2D eigenvalue weighted by molar-refractivity contribution is -0.140. The lowest BCUT2D eigenvalue weighted by Crippen LogP contribution is -2.53. The Morgan fingerprint density at radius 1 is 0.925 bits per heavy atom. The number of nitrogens with zero attached hydrogens (tertiary/aromatic N) is 2. The van der Waals surface area contributed by atoms with Crippen molar-refractivity contribution in [1.82, 2.24) is 10.2 Å². The van der Waals surface area contributed by atoms with Crippen LogP contribution in [0.3, 0.4) is 0 Å². The molecule has 9 heteroatoms. The Labute approximate surface area is 238 Å². The number of hydrogen-bond donors (Lipinski definition) is 1. The van der Waals surface area contributed by atoms with Crippen LogP contribution in [0, 0.1) is 13.8 Å². The van der Waals surface area contributed by atoms with Crippen LogP contribution >= 0.6 is 0 Å². The molecule has 3 aromatic carbocycles. The molecule has 0 aliphatic heterocycles. The van der Waals surface area contributed by atoms with Gasteiger partial charge in [-0.15, -0.1) is 0 Å². The molecular weight excluding hydrogens is 526 g/mol. The summed E-state index contributed by atoms with van der Waals surface area (Å²) < 4.78 is 34.3. The van der Waals surface area contributed by atoms with E-state index in [1.54, 1.807) is 49.6 Å². The topological polar surface area (TPSA) is 96.0 Å². The van der Waals surface area contributed by atoms with Crippen molar-refractivity contribution in [2.75, 3.05) is 18.0 Å². The molecule has 0 aliphatic rings. The molecule has 0 bridgehead atoms. The number of amides is 2. The molecule has 0 heterocycles. The zero-order valence-electron chi connectivity index (χ0n) is 24.0. The molecule has 3 aromatic rings. The lowest BCUT2D eigenvalue weighted by Gasteiger charge is -2.33. The van der Waals surface area contributed by atoms with Gasteiger partial charge in [-0.2, -0.15) is 0 Å². The van der Waals surface area contributed by atoms with Crippen LogP contribution in [0.5, 0.6) is 5.75 Å². The minimum Gasteiger partial charge on any atom is -0.497 e. The highest BCUT2D eigenvalue weighted by molar-refractivity contribution is 7.92. The molecule has 0 aliphatic carbocycles. The maximum atomic E-state index is 14.1. The normalized spacial score (nSPS) is 12.1. The second kappa shape index (κ2) is 13.5. The fourth-order valence-corrected chi connectivity index (χ4v) is 5.82. The van der Waals surface area contributed by atoms with Crippen LogP contribution in [-0.4, -0.2) is 50.9 Å². The number of sulfonamides is 1. The van der Waals surface area contributed by atoms with Crippen molar-refractivity contribution in [2.45, 2.75) is 64.6 Å². The Balaban J connectivity index is 2.07. The summed E-state index contributed by atoms with van der Waals surface area (Å²) in [4.78, 5) is 28.9. The first-order valence-corrected chi connectivity index (χ1v) is 14.8. The lowest BCUT2D eigenvalue weighted by atomic mass is 10.1. The van der Waals surface area contributed by atoms with Gasteiger partial charge >= 0.3 is 0 Å². The second-order valence-corrected chi connectivity index (χ2v) is 12.0. The summed E-state index contributed by atoms with van der Waals surface area (Å²) >= 11 is 0. The standard InChI is InChI=1S/C31H39N3O5S/c1-7-29(31(36)32-22(2)3)33(20-25-11-9-13-27(19-25)39-6)30(35)21-34(26-12-8-10-24(5)18-26)40(37,38)28-16-14-23(4)15-17-28/h8-19,22,29H,7,20-21H2,1-6H3,(H,32,36)/t29-/m1/s1. The number of methoxy groups -OCH3 is 1. The van der Waals surface area contributed by atoms with Gasteiger partial charge in [0, 0.05) is 12.6 Å². The third-order valence-electron chi connectivity index (χ3n) is 6.48. The molecule has 0 saturated carbocycles. The quantitative estimate of drug-likeness (QED) is 0.339. The van der Waals surface area contributed by atoms with Crippen molar-refractivity contribution in [3.63, 3.8) is 0 Å².